The Morgan fingerprint density at radius 1 is 1.44 bits per heavy atom. The molecule has 0 fully saturated rings. The van der Waals surface area contributed by atoms with Crippen molar-refractivity contribution in [1.29, 1.82) is 0 Å². The van der Waals surface area contributed by atoms with Gasteiger partial charge in [0.25, 0.3) is 0 Å². The van der Waals surface area contributed by atoms with E-state index in [1.54, 1.807) is 0 Å². The lowest BCUT2D eigenvalue weighted by molar-refractivity contribution is 0.166. The van der Waals surface area contributed by atoms with Crippen molar-refractivity contribution in [2.75, 3.05) is 20.2 Å². The number of aliphatic hydroxyl groups excluding tert-OH is 1. The number of nitrogens with two attached hydrogens (primary N) is 1. The molecule has 2 atom stereocenters. The van der Waals surface area contributed by atoms with Gasteiger partial charge >= 0.3 is 0 Å². The molecule has 0 aliphatic rings. The van der Waals surface area contributed by atoms with Crippen LogP contribution < -0.4 is 5.73 Å². The van der Waals surface area contributed by atoms with Crippen LogP contribution in [0.25, 0.3) is 0 Å². The second-order valence-corrected chi connectivity index (χ2v) is 4.88. The molecule has 0 heterocycles. The van der Waals surface area contributed by atoms with Gasteiger partial charge in [-0.2, -0.15) is 0 Å². The van der Waals surface area contributed by atoms with Crippen LogP contribution in [-0.4, -0.2) is 36.2 Å². The predicted octanol–water partition coefficient (Wildman–Crippen LogP) is 1.76. The summed E-state index contributed by atoms with van der Waals surface area (Å²) in [5.41, 5.74) is 7.19. The number of hydrogen-bond acceptors (Lipinski definition) is 3. The van der Waals surface area contributed by atoms with Gasteiger partial charge in [-0.05, 0) is 25.6 Å². The molecule has 0 aliphatic heterocycles. The fraction of sp³-hybridized carbons (Fsp3) is 0.500. The van der Waals surface area contributed by atoms with Crippen LogP contribution in [0.5, 0.6) is 0 Å². The molecule has 0 saturated carbocycles. The van der Waals surface area contributed by atoms with Crippen LogP contribution in [-0.2, 0) is 0 Å². The van der Waals surface area contributed by atoms with Crippen molar-refractivity contribution >= 4 is 15.9 Å². The van der Waals surface area contributed by atoms with Gasteiger partial charge in [-0.3, -0.25) is 4.90 Å². The minimum absolute atomic E-state index is 0.00949. The molecule has 90 valence electrons. The first-order valence-corrected chi connectivity index (χ1v) is 6.18. The zero-order valence-electron chi connectivity index (χ0n) is 9.73. The molecule has 2 unspecified atom stereocenters. The third kappa shape index (κ3) is 3.28. The zero-order valence-corrected chi connectivity index (χ0v) is 11.3. The molecule has 0 aliphatic carbocycles. The molecule has 3 nitrogen and oxygen atoms in total. The van der Waals surface area contributed by atoms with E-state index in [1.165, 1.54) is 0 Å². The summed E-state index contributed by atoms with van der Waals surface area (Å²) in [5, 5.41) is 8.99. The van der Waals surface area contributed by atoms with Gasteiger partial charge in [-0.1, -0.05) is 34.1 Å². The van der Waals surface area contributed by atoms with Crippen molar-refractivity contribution in [3.05, 3.63) is 34.3 Å². The second kappa shape index (κ2) is 6.35. The number of nitrogens with zero attached hydrogens (tertiary/aromatic N) is 1. The van der Waals surface area contributed by atoms with E-state index in [4.69, 9.17) is 10.8 Å². The highest BCUT2D eigenvalue weighted by molar-refractivity contribution is 9.10. The third-order valence-electron chi connectivity index (χ3n) is 2.65. The molecule has 4 heteroatoms. The Morgan fingerprint density at radius 2 is 2.06 bits per heavy atom. The van der Waals surface area contributed by atoms with Crippen molar-refractivity contribution in [2.24, 2.45) is 5.73 Å². The maximum Gasteiger partial charge on any atom is 0.0558 e. The number of benzene rings is 1. The van der Waals surface area contributed by atoms with Gasteiger partial charge in [-0.15, -0.1) is 0 Å². The minimum atomic E-state index is 0.00949. The smallest absolute Gasteiger partial charge is 0.0558 e. The Hall–Kier alpha value is -0.420. The van der Waals surface area contributed by atoms with Gasteiger partial charge in [0.05, 0.1) is 12.6 Å². The van der Waals surface area contributed by atoms with Gasteiger partial charge in [0.15, 0.2) is 0 Å². The largest absolute Gasteiger partial charge is 0.395 e. The second-order valence-electron chi connectivity index (χ2n) is 4.03. The fourth-order valence-corrected chi connectivity index (χ4v) is 2.45. The van der Waals surface area contributed by atoms with Crippen molar-refractivity contribution in [2.45, 2.75) is 19.0 Å². The van der Waals surface area contributed by atoms with E-state index in [9.17, 15) is 0 Å². The maximum absolute atomic E-state index is 8.99. The molecule has 0 bridgehead atoms. The van der Waals surface area contributed by atoms with Gasteiger partial charge in [-0.25, -0.2) is 0 Å². The van der Waals surface area contributed by atoms with Crippen molar-refractivity contribution in [3.63, 3.8) is 0 Å². The predicted molar refractivity (Wildman–Crippen MR) is 70.2 cm³/mol. The van der Waals surface area contributed by atoms with Crippen LogP contribution >= 0.6 is 15.9 Å². The molecule has 16 heavy (non-hydrogen) atoms. The summed E-state index contributed by atoms with van der Waals surface area (Å²) in [7, 11) is 1.98. The van der Waals surface area contributed by atoms with Crippen LogP contribution in [0.2, 0.25) is 0 Å². The zero-order chi connectivity index (χ0) is 12.1. The van der Waals surface area contributed by atoms with E-state index in [0.717, 1.165) is 10.0 Å². The average molecular weight is 287 g/mol. The lowest BCUT2D eigenvalue weighted by Crippen LogP contribution is -2.38. The van der Waals surface area contributed by atoms with Crippen molar-refractivity contribution in [3.8, 4) is 0 Å². The summed E-state index contributed by atoms with van der Waals surface area (Å²) in [6.45, 7) is 2.75. The number of hydrogen-bond donors (Lipinski definition) is 2. The molecular formula is C12H19BrN2O. The van der Waals surface area contributed by atoms with Gasteiger partial charge in [0.2, 0.25) is 0 Å². The quantitative estimate of drug-likeness (QED) is 0.867. The van der Waals surface area contributed by atoms with Crippen LogP contribution in [0.15, 0.2) is 28.7 Å². The molecule has 0 radical (unpaired) electrons. The van der Waals surface area contributed by atoms with Gasteiger partial charge < -0.3 is 10.8 Å². The summed E-state index contributed by atoms with van der Waals surface area (Å²) in [5.74, 6) is 0. The summed E-state index contributed by atoms with van der Waals surface area (Å²) < 4.78 is 1.06. The van der Waals surface area contributed by atoms with Gasteiger partial charge in [0, 0.05) is 17.1 Å². The number of rotatable bonds is 5. The molecular weight excluding hydrogens is 268 g/mol. The van der Waals surface area contributed by atoms with Crippen LogP contribution in [0, 0.1) is 0 Å². The van der Waals surface area contributed by atoms with Crippen LogP contribution in [0.4, 0.5) is 0 Å². The highest BCUT2D eigenvalue weighted by Crippen LogP contribution is 2.28. The van der Waals surface area contributed by atoms with E-state index in [1.807, 2.05) is 32.2 Å². The van der Waals surface area contributed by atoms with Crippen LogP contribution in [0.1, 0.15) is 18.5 Å². The summed E-state index contributed by atoms with van der Waals surface area (Å²) in [6.07, 6.45) is 0. The molecule has 3 N–H and O–H groups in total. The molecule has 0 spiro atoms. The fourth-order valence-electron chi connectivity index (χ4n) is 1.93. The lowest BCUT2D eigenvalue weighted by atomic mass is 10.00. The SMILES string of the molecule is CC(N)C(c1ccccc1Br)N(C)CCO. The van der Waals surface area contributed by atoms with Crippen molar-refractivity contribution in [1.82, 2.24) is 4.90 Å². The van der Waals surface area contributed by atoms with E-state index >= 15 is 0 Å². The summed E-state index contributed by atoms with van der Waals surface area (Å²) in [6, 6.07) is 8.18. The highest BCUT2D eigenvalue weighted by atomic mass is 79.9. The Kier molecular flexibility index (Phi) is 5.41. The number of likely N-dealkylation sites (N-methyl/N-ethyl adjacent to an activating group) is 1. The first kappa shape index (κ1) is 13.6. The van der Waals surface area contributed by atoms with Crippen LogP contribution in [0.3, 0.4) is 0 Å². The van der Waals surface area contributed by atoms with E-state index < -0.39 is 0 Å². The standard InChI is InChI=1S/C12H19BrN2O/c1-9(14)12(15(2)7-8-16)10-5-3-4-6-11(10)13/h3-6,9,12,16H,7-8,14H2,1-2H3. The Morgan fingerprint density at radius 3 is 2.56 bits per heavy atom. The van der Waals surface area contributed by atoms with E-state index in [0.29, 0.717) is 6.54 Å². The molecule has 0 aromatic heterocycles. The molecule has 1 aromatic carbocycles. The average Bonchev–Trinajstić information content (AvgIpc) is 2.21. The lowest BCUT2D eigenvalue weighted by Gasteiger charge is -2.31. The highest BCUT2D eigenvalue weighted by Gasteiger charge is 2.22. The van der Waals surface area contributed by atoms with Gasteiger partial charge in [0.1, 0.15) is 0 Å². The first-order chi connectivity index (χ1) is 7.57. The summed E-state index contributed by atoms with van der Waals surface area (Å²) >= 11 is 3.54. The molecule has 0 amide bonds. The third-order valence-corrected chi connectivity index (χ3v) is 3.37. The molecule has 1 rings (SSSR count). The number of aliphatic hydroxyl groups is 1. The number of halogens is 1. The normalized spacial score (nSPS) is 15.1. The molecule has 1 aromatic rings. The van der Waals surface area contributed by atoms with E-state index in [-0.39, 0.29) is 18.7 Å². The Bertz CT molecular complexity index is 331. The van der Waals surface area contributed by atoms with Crippen molar-refractivity contribution < 1.29 is 5.11 Å². The Labute approximate surface area is 105 Å². The maximum atomic E-state index is 8.99. The monoisotopic (exact) mass is 286 g/mol. The molecule has 0 saturated heterocycles. The Balaban J connectivity index is 2.98. The topological polar surface area (TPSA) is 49.5 Å². The first-order valence-electron chi connectivity index (χ1n) is 5.39. The summed E-state index contributed by atoms with van der Waals surface area (Å²) in [4.78, 5) is 2.07. The minimum Gasteiger partial charge on any atom is -0.395 e. The van der Waals surface area contributed by atoms with E-state index in [2.05, 4.69) is 26.9 Å².